The maximum Gasteiger partial charge on any atom is 0.305 e. The van der Waals surface area contributed by atoms with Crippen LogP contribution in [0.15, 0.2) is 18.2 Å². The van der Waals surface area contributed by atoms with Crippen molar-refractivity contribution in [2.24, 2.45) is 0 Å². The van der Waals surface area contributed by atoms with Gasteiger partial charge in [0.1, 0.15) is 5.82 Å². The number of hydrogen-bond acceptors (Lipinski definition) is 3. The Morgan fingerprint density at radius 3 is 2.67 bits per heavy atom. The number of aliphatic carboxylic acids is 1. The van der Waals surface area contributed by atoms with Crippen LogP contribution in [0.3, 0.4) is 0 Å². The Hall–Kier alpha value is -2.11. The second-order valence-corrected chi connectivity index (χ2v) is 3.91. The third kappa shape index (κ3) is 3.73. The summed E-state index contributed by atoms with van der Waals surface area (Å²) >= 11 is 0. The minimum atomic E-state index is -0.995. The number of hydrogen-bond donors (Lipinski definition) is 3. The predicted molar refractivity (Wildman–Crippen MR) is 64.6 cm³/mol. The van der Waals surface area contributed by atoms with Gasteiger partial charge in [-0.15, -0.1) is 0 Å². The summed E-state index contributed by atoms with van der Waals surface area (Å²) in [6.45, 7) is 1.76. The molecule has 0 aromatic heterocycles. The Morgan fingerprint density at radius 2 is 2.17 bits per heavy atom. The second kappa shape index (κ2) is 6.00. The van der Waals surface area contributed by atoms with E-state index in [1.807, 2.05) is 0 Å². The molecule has 0 saturated heterocycles. The number of anilines is 1. The molecule has 0 heterocycles. The van der Waals surface area contributed by atoms with E-state index in [-0.39, 0.29) is 17.7 Å². The molecule has 0 aliphatic heterocycles. The Labute approximate surface area is 104 Å². The molecular weight excluding hydrogens is 239 g/mol. The molecule has 0 fully saturated rings. The van der Waals surface area contributed by atoms with E-state index in [9.17, 15) is 14.0 Å². The van der Waals surface area contributed by atoms with E-state index >= 15 is 0 Å². The minimum Gasteiger partial charge on any atom is -0.481 e. The van der Waals surface area contributed by atoms with Crippen LogP contribution >= 0.6 is 0 Å². The number of carbonyl (C=O) groups excluding carboxylic acids is 1. The van der Waals surface area contributed by atoms with Gasteiger partial charge in [0.25, 0.3) is 5.91 Å². The van der Waals surface area contributed by atoms with E-state index in [2.05, 4.69) is 5.32 Å². The molecule has 0 saturated carbocycles. The Morgan fingerprint density at radius 1 is 1.50 bits per heavy atom. The highest BCUT2D eigenvalue weighted by atomic mass is 19.1. The lowest BCUT2D eigenvalue weighted by atomic mass is 10.1. The van der Waals surface area contributed by atoms with Crippen LogP contribution in [-0.2, 0) is 4.79 Å². The molecule has 6 heteroatoms. The Kier molecular flexibility index (Phi) is 4.65. The van der Waals surface area contributed by atoms with Gasteiger partial charge in [-0.1, -0.05) is 6.92 Å². The molecule has 1 aromatic carbocycles. The maximum absolute atomic E-state index is 13.2. The van der Waals surface area contributed by atoms with Crippen LogP contribution < -0.4 is 11.1 Å². The molecule has 1 unspecified atom stereocenters. The monoisotopic (exact) mass is 254 g/mol. The number of amides is 1. The van der Waals surface area contributed by atoms with Crippen LogP contribution in [0.25, 0.3) is 0 Å². The third-order valence-corrected chi connectivity index (χ3v) is 2.51. The van der Waals surface area contributed by atoms with Gasteiger partial charge in [-0.05, 0) is 24.6 Å². The van der Waals surface area contributed by atoms with Crippen LogP contribution in [0, 0.1) is 5.82 Å². The number of carboxylic acid groups (broad SMARTS) is 1. The zero-order chi connectivity index (χ0) is 13.7. The molecular formula is C12H15FN2O3. The highest BCUT2D eigenvalue weighted by molar-refractivity contribution is 5.94. The first kappa shape index (κ1) is 14.0. The quantitative estimate of drug-likeness (QED) is 0.692. The van der Waals surface area contributed by atoms with Crippen LogP contribution in [0.1, 0.15) is 30.1 Å². The first-order valence-electron chi connectivity index (χ1n) is 5.51. The molecule has 18 heavy (non-hydrogen) atoms. The number of carboxylic acids is 1. The fourth-order valence-corrected chi connectivity index (χ4v) is 1.45. The van der Waals surface area contributed by atoms with Crippen molar-refractivity contribution in [3.63, 3.8) is 0 Å². The van der Waals surface area contributed by atoms with Gasteiger partial charge in [-0.2, -0.15) is 0 Å². The molecule has 0 spiro atoms. The SMILES string of the molecule is CCC(CC(=O)O)NC(=O)c1ccc(N)c(F)c1. The van der Waals surface area contributed by atoms with Crippen LogP contribution in [0.4, 0.5) is 10.1 Å². The lowest BCUT2D eigenvalue weighted by Crippen LogP contribution is -2.36. The molecule has 0 radical (unpaired) electrons. The molecule has 1 aromatic rings. The number of rotatable bonds is 5. The van der Waals surface area contributed by atoms with Crippen LogP contribution in [0.2, 0.25) is 0 Å². The van der Waals surface area contributed by atoms with Gasteiger partial charge in [0, 0.05) is 11.6 Å². The molecule has 0 bridgehead atoms. The first-order chi connectivity index (χ1) is 8.43. The summed E-state index contributed by atoms with van der Waals surface area (Å²) in [5, 5.41) is 11.2. The lowest BCUT2D eigenvalue weighted by molar-refractivity contribution is -0.137. The molecule has 98 valence electrons. The topological polar surface area (TPSA) is 92.4 Å². The molecule has 0 aliphatic rings. The standard InChI is InChI=1S/C12H15FN2O3/c1-2-8(6-11(16)17)15-12(18)7-3-4-10(14)9(13)5-7/h3-5,8H,2,6,14H2,1H3,(H,15,18)(H,16,17). The van der Waals surface area contributed by atoms with Crippen molar-refractivity contribution in [2.45, 2.75) is 25.8 Å². The highest BCUT2D eigenvalue weighted by Crippen LogP contribution is 2.12. The van der Waals surface area contributed by atoms with Crippen molar-refractivity contribution in [3.05, 3.63) is 29.6 Å². The Bertz CT molecular complexity index is 463. The summed E-state index contributed by atoms with van der Waals surface area (Å²) in [5.74, 6) is -2.18. The number of nitrogen functional groups attached to an aromatic ring is 1. The van der Waals surface area contributed by atoms with Crippen molar-refractivity contribution < 1.29 is 19.1 Å². The molecule has 1 amide bonds. The highest BCUT2D eigenvalue weighted by Gasteiger charge is 2.15. The van der Waals surface area contributed by atoms with Crippen molar-refractivity contribution in [3.8, 4) is 0 Å². The third-order valence-electron chi connectivity index (χ3n) is 2.51. The van der Waals surface area contributed by atoms with Crippen molar-refractivity contribution >= 4 is 17.6 Å². The van der Waals surface area contributed by atoms with Gasteiger partial charge < -0.3 is 16.2 Å². The van der Waals surface area contributed by atoms with E-state index in [4.69, 9.17) is 10.8 Å². The smallest absolute Gasteiger partial charge is 0.305 e. The number of halogens is 1. The summed E-state index contributed by atoms with van der Waals surface area (Å²) in [7, 11) is 0. The van der Waals surface area contributed by atoms with E-state index in [1.54, 1.807) is 6.92 Å². The average Bonchev–Trinajstić information content (AvgIpc) is 2.31. The van der Waals surface area contributed by atoms with Crippen LogP contribution in [0.5, 0.6) is 0 Å². The summed E-state index contributed by atoms with van der Waals surface area (Å²) in [4.78, 5) is 22.3. The summed E-state index contributed by atoms with van der Waals surface area (Å²) in [6, 6.07) is 3.23. The fourth-order valence-electron chi connectivity index (χ4n) is 1.45. The lowest BCUT2D eigenvalue weighted by Gasteiger charge is -2.14. The number of benzene rings is 1. The van der Waals surface area contributed by atoms with E-state index in [1.165, 1.54) is 12.1 Å². The summed E-state index contributed by atoms with van der Waals surface area (Å²) < 4.78 is 13.2. The largest absolute Gasteiger partial charge is 0.481 e. The van der Waals surface area contributed by atoms with E-state index in [0.717, 1.165) is 6.07 Å². The zero-order valence-electron chi connectivity index (χ0n) is 9.94. The molecule has 4 N–H and O–H groups in total. The first-order valence-corrected chi connectivity index (χ1v) is 5.51. The van der Waals surface area contributed by atoms with Crippen LogP contribution in [-0.4, -0.2) is 23.0 Å². The molecule has 1 rings (SSSR count). The molecule has 0 aliphatic carbocycles. The zero-order valence-corrected chi connectivity index (χ0v) is 9.94. The van der Waals surface area contributed by atoms with Gasteiger partial charge in [0.05, 0.1) is 12.1 Å². The summed E-state index contributed by atoms with van der Waals surface area (Å²) in [5.41, 5.74) is 5.38. The molecule has 5 nitrogen and oxygen atoms in total. The van der Waals surface area contributed by atoms with Crippen molar-refractivity contribution in [2.75, 3.05) is 5.73 Å². The van der Waals surface area contributed by atoms with Crippen molar-refractivity contribution in [1.82, 2.24) is 5.32 Å². The van der Waals surface area contributed by atoms with Gasteiger partial charge in [-0.3, -0.25) is 9.59 Å². The average molecular weight is 254 g/mol. The minimum absolute atomic E-state index is 0.0378. The van der Waals surface area contributed by atoms with Gasteiger partial charge in [-0.25, -0.2) is 4.39 Å². The van der Waals surface area contributed by atoms with Gasteiger partial charge >= 0.3 is 5.97 Å². The van der Waals surface area contributed by atoms with Gasteiger partial charge in [0.2, 0.25) is 0 Å². The normalized spacial score (nSPS) is 11.9. The Balaban J connectivity index is 2.74. The van der Waals surface area contributed by atoms with Crippen molar-refractivity contribution in [1.29, 1.82) is 0 Å². The number of carbonyl (C=O) groups is 2. The maximum atomic E-state index is 13.2. The second-order valence-electron chi connectivity index (χ2n) is 3.91. The fraction of sp³-hybridized carbons (Fsp3) is 0.333. The van der Waals surface area contributed by atoms with Gasteiger partial charge in [0.15, 0.2) is 0 Å². The molecule has 1 atom stereocenters. The van der Waals surface area contributed by atoms with E-state index in [0.29, 0.717) is 6.42 Å². The predicted octanol–water partition coefficient (Wildman–Crippen LogP) is 1.39. The number of nitrogens with one attached hydrogen (secondary N) is 1. The van der Waals surface area contributed by atoms with E-state index < -0.39 is 23.7 Å². The summed E-state index contributed by atoms with van der Waals surface area (Å²) in [6.07, 6.45) is 0.315. The number of nitrogens with two attached hydrogens (primary N) is 1.